The lowest BCUT2D eigenvalue weighted by molar-refractivity contribution is 0.310. The molecule has 0 bridgehead atoms. The van der Waals surface area contributed by atoms with Crippen molar-refractivity contribution in [2.75, 3.05) is 58.9 Å². The molecule has 76 heavy (non-hydrogen) atoms. The number of fused-ring (bicyclic) bond motifs is 6. The largest absolute Gasteiger partial charge is 0.367 e. The first-order valence-electron chi connectivity index (χ1n) is 26.2. The maximum absolute atomic E-state index is 13.9. The van der Waals surface area contributed by atoms with Crippen LogP contribution >= 0.6 is 0 Å². The van der Waals surface area contributed by atoms with Crippen LogP contribution in [0, 0.1) is 41.5 Å². The molecule has 4 aliphatic rings. The number of nitrogens with one attached hydrogen (secondary N) is 2. The van der Waals surface area contributed by atoms with Crippen LogP contribution in [0.15, 0.2) is 204 Å². The van der Waals surface area contributed by atoms with Crippen molar-refractivity contribution in [1.82, 2.24) is 9.44 Å². The van der Waals surface area contributed by atoms with Crippen LogP contribution in [0.2, 0.25) is 0 Å². The normalized spacial score (nSPS) is 20.8. The van der Waals surface area contributed by atoms with E-state index in [4.69, 9.17) is 0 Å². The number of aryl methyl sites for hydroxylation is 6. The number of anilines is 4. The number of hydrogen-bond donors (Lipinski definition) is 2. The summed E-state index contributed by atoms with van der Waals surface area (Å²) in [7, 11) is -7.59. The second-order valence-electron chi connectivity index (χ2n) is 21.3. The number of piperazine rings is 2. The standard InChI is InChI=1S/2C32H33N3O2S/c2*1-23-9-14-27(15-10-23)34-19-20-35-30-18-13-25(3)21-29(30)31(32(35,22-34)26-7-5-4-6-8-26)33-38(36,37)28-16-11-24(2)12-17-28/h2*4-18,21,31,33H,19-20,22H2,1-3H3/t2*31-,32-/m10/s1. The topological polar surface area (TPSA) is 105 Å². The highest BCUT2D eigenvalue weighted by molar-refractivity contribution is 7.89. The predicted molar refractivity (Wildman–Crippen MR) is 309 cm³/mol. The molecule has 0 radical (unpaired) electrons. The highest BCUT2D eigenvalue weighted by Gasteiger charge is 2.58. The van der Waals surface area contributed by atoms with Gasteiger partial charge < -0.3 is 19.6 Å². The van der Waals surface area contributed by atoms with Gasteiger partial charge in [-0.1, -0.05) is 167 Å². The van der Waals surface area contributed by atoms with Crippen LogP contribution in [0.5, 0.6) is 0 Å². The highest BCUT2D eigenvalue weighted by atomic mass is 32.2. The van der Waals surface area contributed by atoms with Gasteiger partial charge >= 0.3 is 0 Å². The Bertz CT molecular complexity index is 3380. The Labute approximate surface area is 449 Å². The van der Waals surface area contributed by atoms with Crippen molar-refractivity contribution in [3.05, 3.63) is 250 Å². The molecule has 0 unspecified atom stereocenters. The summed E-state index contributed by atoms with van der Waals surface area (Å²) in [5.41, 5.74) is 14.2. The fraction of sp³-hybridized carbons (Fsp3) is 0.250. The molecule has 8 aromatic rings. The number of sulfonamides is 2. The van der Waals surface area contributed by atoms with E-state index in [9.17, 15) is 16.8 Å². The Morgan fingerprint density at radius 1 is 0.382 bits per heavy atom. The van der Waals surface area contributed by atoms with E-state index in [1.54, 1.807) is 24.3 Å². The molecule has 0 saturated carbocycles. The Morgan fingerprint density at radius 3 is 1.04 bits per heavy atom. The summed E-state index contributed by atoms with van der Waals surface area (Å²) in [6, 6.07) is 64.1. The average Bonchev–Trinajstić information content (AvgIpc) is 3.85. The molecule has 4 atom stereocenters. The van der Waals surface area contributed by atoms with E-state index < -0.39 is 43.2 Å². The average molecular weight is 1050 g/mol. The summed E-state index contributed by atoms with van der Waals surface area (Å²) in [5, 5.41) is 0. The van der Waals surface area contributed by atoms with Gasteiger partial charge in [0.1, 0.15) is 11.1 Å². The van der Waals surface area contributed by atoms with Gasteiger partial charge in [-0.15, -0.1) is 0 Å². The molecule has 0 aromatic heterocycles. The van der Waals surface area contributed by atoms with Gasteiger partial charge in [0.15, 0.2) is 0 Å². The summed E-state index contributed by atoms with van der Waals surface area (Å²) in [6.07, 6.45) is 0. The van der Waals surface area contributed by atoms with Crippen LogP contribution in [0.4, 0.5) is 22.7 Å². The minimum Gasteiger partial charge on any atom is -0.367 e. The summed E-state index contributed by atoms with van der Waals surface area (Å²) in [4.78, 5) is 10.2. The molecule has 12 heteroatoms. The molecule has 4 aliphatic heterocycles. The lowest BCUT2D eigenvalue weighted by Crippen LogP contribution is -2.63. The molecule has 2 N–H and O–H groups in total. The lowest BCUT2D eigenvalue weighted by Gasteiger charge is -2.51. The van der Waals surface area contributed by atoms with Gasteiger partial charge in [0.25, 0.3) is 0 Å². The number of nitrogens with zero attached hydrogens (tertiary/aromatic N) is 4. The van der Waals surface area contributed by atoms with Gasteiger partial charge in [0.2, 0.25) is 20.0 Å². The zero-order chi connectivity index (χ0) is 53.0. The minimum atomic E-state index is -3.80. The Hall–Kier alpha value is -7.22. The third-order valence-electron chi connectivity index (χ3n) is 16.1. The van der Waals surface area contributed by atoms with E-state index in [1.807, 2.05) is 74.5 Å². The summed E-state index contributed by atoms with van der Waals surface area (Å²) < 4.78 is 61.9. The Morgan fingerprint density at radius 2 is 0.697 bits per heavy atom. The van der Waals surface area contributed by atoms with Crippen molar-refractivity contribution in [2.24, 2.45) is 0 Å². The first-order valence-corrected chi connectivity index (χ1v) is 29.2. The molecular formula is C64H66N6O4S2. The smallest absolute Gasteiger partial charge is 0.241 e. The van der Waals surface area contributed by atoms with E-state index >= 15 is 0 Å². The second kappa shape index (κ2) is 20.1. The molecule has 0 spiro atoms. The summed E-state index contributed by atoms with van der Waals surface area (Å²) in [5.74, 6) is 0. The van der Waals surface area contributed by atoms with Crippen molar-refractivity contribution >= 4 is 42.8 Å². The summed E-state index contributed by atoms with van der Waals surface area (Å²) >= 11 is 0. The number of rotatable bonds is 10. The number of benzene rings is 8. The van der Waals surface area contributed by atoms with Crippen LogP contribution in [-0.2, 0) is 31.1 Å². The van der Waals surface area contributed by atoms with Crippen LogP contribution in [0.25, 0.3) is 0 Å². The fourth-order valence-corrected chi connectivity index (χ4v) is 14.7. The molecule has 4 heterocycles. The van der Waals surface area contributed by atoms with Crippen molar-refractivity contribution < 1.29 is 16.8 Å². The zero-order valence-corrected chi connectivity index (χ0v) is 45.7. The van der Waals surface area contributed by atoms with E-state index in [-0.39, 0.29) is 9.79 Å². The van der Waals surface area contributed by atoms with Crippen molar-refractivity contribution in [2.45, 2.75) is 74.5 Å². The zero-order valence-electron chi connectivity index (χ0n) is 44.1. The van der Waals surface area contributed by atoms with Gasteiger partial charge in [-0.25, -0.2) is 26.3 Å². The van der Waals surface area contributed by atoms with Crippen molar-refractivity contribution in [1.29, 1.82) is 0 Å². The molecule has 0 amide bonds. The molecular weight excluding hydrogens is 981 g/mol. The van der Waals surface area contributed by atoms with Gasteiger partial charge in [-0.2, -0.15) is 0 Å². The van der Waals surface area contributed by atoms with E-state index in [2.05, 4.69) is 166 Å². The number of hydrogen-bond acceptors (Lipinski definition) is 8. The Balaban J connectivity index is 0.000000162. The van der Waals surface area contributed by atoms with Crippen LogP contribution in [0.3, 0.4) is 0 Å². The van der Waals surface area contributed by atoms with Gasteiger partial charge in [0, 0.05) is 62.0 Å². The second-order valence-corrected chi connectivity index (χ2v) is 24.7. The summed E-state index contributed by atoms with van der Waals surface area (Å²) in [6.45, 7) is 16.8. The maximum Gasteiger partial charge on any atom is 0.241 e. The van der Waals surface area contributed by atoms with E-state index in [1.165, 1.54) is 11.1 Å². The molecule has 2 saturated heterocycles. The fourth-order valence-electron chi connectivity index (χ4n) is 12.2. The molecule has 388 valence electrons. The highest BCUT2D eigenvalue weighted by Crippen LogP contribution is 2.56. The third-order valence-corrected chi connectivity index (χ3v) is 19.0. The quantitative estimate of drug-likeness (QED) is 0.140. The molecule has 0 aliphatic carbocycles. The Kier molecular flexibility index (Phi) is 13.4. The van der Waals surface area contributed by atoms with E-state index in [0.29, 0.717) is 13.1 Å². The molecule has 12 rings (SSSR count). The maximum atomic E-state index is 13.9. The van der Waals surface area contributed by atoms with Crippen molar-refractivity contribution in [3.63, 3.8) is 0 Å². The lowest BCUT2D eigenvalue weighted by atomic mass is 9.80. The van der Waals surface area contributed by atoms with Crippen LogP contribution in [-0.4, -0.2) is 56.1 Å². The molecule has 8 aromatic carbocycles. The van der Waals surface area contributed by atoms with Crippen molar-refractivity contribution in [3.8, 4) is 0 Å². The first kappa shape index (κ1) is 50.9. The van der Waals surface area contributed by atoms with Gasteiger partial charge in [-0.3, -0.25) is 0 Å². The minimum absolute atomic E-state index is 0.283. The predicted octanol–water partition coefficient (Wildman–Crippen LogP) is 11.7. The monoisotopic (exact) mass is 1050 g/mol. The molecule has 2 fully saturated rings. The SMILES string of the molecule is Cc1ccc(N2CCN3c4ccc(C)cc4[C@@H](NS(=O)(=O)c4ccc(C)cc4)[C@]3(c3ccccc3)C2)cc1.Cc1ccc(N2CCN3c4ccc(C)cc4[C@H](NS(=O)(=O)c4ccc(C)cc4)[C@@]3(c3ccccc3)C2)cc1. The third kappa shape index (κ3) is 9.25. The van der Waals surface area contributed by atoms with E-state index in [0.717, 1.165) is 93.4 Å². The van der Waals surface area contributed by atoms with Gasteiger partial charge in [-0.05, 0) is 124 Å². The van der Waals surface area contributed by atoms with Crippen LogP contribution < -0.4 is 29.0 Å². The van der Waals surface area contributed by atoms with Crippen LogP contribution in [0.1, 0.15) is 67.7 Å². The van der Waals surface area contributed by atoms with Gasteiger partial charge in [0.05, 0.1) is 21.9 Å². The first-order chi connectivity index (χ1) is 36.6. The molecule has 10 nitrogen and oxygen atoms in total.